The number of hydrogen-bond donors (Lipinski definition) is 1. The molecule has 2 amide bonds. The third-order valence-corrected chi connectivity index (χ3v) is 5.63. The minimum absolute atomic E-state index is 0.163. The summed E-state index contributed by atoms with van der Waals surface area (Å²) in [4.78, 5) is 33.4. The highest BCUT2D eigenvalue weighted by Gasteiger charge is 2.32. The van der Waals surface area contributed by atoms with Crippen molar-refractivity contribution in [3.8, 4) is 0 Å². The summed E-state index contributed by atoms with van der Waals surface area (Å²) < 4.78 is 5.33. The highest BCUT2D eigenvalue weighted by atomic mass is 32.1. The summed E-state index contributed by atoms with van der Waals surface area (Å²) in [6, 6.07) is 19.3. The molecule has 0 unspecified atom stereocenters. The van der Waals surface area contributed by atoms with Gasteiger partial charge in [0.25, 0.3) is 0 Å². The summed E-state index contributed by atoms with van der Waals surface area (Å²) in [6.07, 6.45) is 5.01. The van der Waals surface area contributed by atoms with E-state index in [0.29, 0.717) is 17.0 Å². The normalized spacial score (nSPS) is 11.6. The van der Waals surface area contributed by atoms with Gasteiger partial charge in [0.1, 0.15) is 11.8 Å². The molecule has 0 saturated heterocycles. The van der Waals surface area contributed by atoms with Gasteiger partial charge in [0.05, 0.1) is 19.2 Å². The molecule has 7 heteroatoms. The van der Waals surface area contributed by atoms with Crippen LogP contribution < -0.4 is 10.2 Å². The number of pyridine rings is 1. The first kappa shape index (κ1) is 20.6. The number of amides is 2. The minimum atomic E-state index is -0.854. The molecule has 31 heavy (non-hydrogen) atoms. The average Bonchev–Trinajstić information content (AvgIpc) is 3.51. The second-order valence-electron chi connectivity index (χ2n) is 6.84. The smallest absolute Gasteiger partial charge is 0.248 e. The van der Waals surface area contributed by atoms with E-state index in [4.69, 9.17) is 4.42 Å². The Morgan fingerprint density at radius 2 is 1.81 bits per heavy atom. The molecule has 0 radical (unpaired) electrons. The number of carbonyl (C=O) groups excluding carboxylic acids is 2. The van der Waals surface area contributed by atoms with Gasteiger partial charge in [-0.05, 0) is 53.4 Å². The van der Waals surface area contributed by atoms with E-state index in [-0.39, 0.29) is 24.8 Å². The number of nitrogens with one attached hydrogen (secondary N) is 1. The Hall–Kier alpha value is -3.71. The molecule has 4 rings (SSSR count). The SMILES string of the molecule is O=C(NCc1ccco1)[C@H](c1ccncc1)N(C(=O)Cc1cccs1)c1ccccc1. The van der Waals surface area contributed by atoms with Crippen LogP contribution in [0.2, 0.25) is 0 Å². The van der Waals surface area contributed by atoms with Crippen LogP contribution in [-0.2, 0) is 22.6 Å². The van der Waals surface area contributed by atoms with Gasteiger partial charge in [-0.15, -0.1) is 11.3 Å². The van der Waals surface area contributed by atoms with Crippen LogP contribution in [0, 0.1) is 0 Å². The van der Waals surface area contributed by atoms with Crippen LogP contribution >= 0.6 is 11.3 Å². The first-order valence-corrected chi connectivity index (χ1v) is 10.7. The van der Waals surface area contributed by atoms with E-state index in [1.165, 1.54) is 11.3 Å². The van der Waals surface area contributed by atoms with Crippen LogP contribution in [0.3, 0.4) is 0 Å². The van der Waals surface area contributed by atoms with Crippen molar-refractivity contribution >= 4 is 28.8 Å². The Morgan fingerprint density at radius 1 is 1.00 bits per heavy atom. The largest absolute Gasteiger partial charge is 0.467 e. The van der Waals surface area contributed by atoms with Gasteiger partial charge in [-0.2, -0.15) is 0 Å². The zero-order valence-corrected chi connectivity index (χ0v) is 17.5. The molecule has 0 fully saturated rings. The van der Waals surface area contributed by atoms with Crippen LogP contribution in [0.4, 0.5) is 5.69 Å². The standard InChI is InChI=1S/C24H21N3O3S/c28-22(16-21-9-5-15-31-21)27(19-6-2-1-3-7-19)23(18-10-12-25-13-11-18)24(29)26-17-20-8-4-14-30-20/h1-15,23H,16-17H2,(H,26,29)/t23-/m0/s1. The first-order valence-electron chi connectivity index (χ1n) is 9.82. The van der Waals surface area contributed by atoms with E-state index in [2.05, 4.69) is 10.3 Å². The molecule has 0 saturated carbocycles. The Bertz CT molecular complexity index is 1100. The Balaban J connectivity index is 1.70. The van der Waals surface area contributed by atoms with E-state index in [0.717, 1.165) is 4.88 Å². The molecule has 1 N–H and O–H groups in total. The van der Waals surface area contributed by atoms with Gasteiger partial charge >= 0.3 is 0 Å². The molecule has 1 atom stereocenters. The molecule has 0 aliphatic carbocycles. The quantitative estimate of drug-likeness (QED) is 0.450. The minimum Gasteiger partial charge on any atom is -0.467 e. The molecule has 0 spiro atoms. The highest BCUT2D eigenvalue weighted by molar-refractivity contribution is 7.10. The zero-order valence-electron chi connectivity index (χ0n) is 16.7. The van der Waals surface area contributed by atoms with Gasteiger partial charge < -0.3 is 9.73 Å². The number of carbonyl (C=O) groups is 2. The fraction of sp³-hybridized carbons (Fsp3) is 0.125. The molecule has 3 aromatic heterocycles. The van der Waals surface area contributed by atoms with Crippen molar-refractivity contribution in [3.63, 3.8) is 0 Å². The van der Waals surface area contributed by atoms with E-state index in [9.17, 15) is 9.59 Å². The molecule has 156 valence electrons. The van der Waals surface area contributed by atoms with Gasteiger partial charge in [0.2, 0.25) is 11.8 Å². The monoisotopic (exact) mass is 431 g/mol. The number of thiophene rings is 1. The molecule has 1 aromatic carbocycles. The lowest BCUT2D eigenvalue weighted by atomic mass is 10.0. The summed E-state index contributed by atoms with van der Waals surface area (Å²) in [5.74, 6) is 0.174. The van der Waals surface area contributed by atoms with Gasteiger partial charge in [-0.3, -0.25) is 19.5 Å². The summed E-state index contributed by atoms with van der Waals surface area (Å²) in [7, 11) is 0. The Morgan fingerprint density at radius 3 is 2.48 bits per heavy atom. The van der Waals surface area contributed by atoms with Crippen molar-refractivity contribution in [2.24, 2.45) is 0 Å². The number of aromatic nitrogens is 1. The number of hydrogen-bond acceptors (Lipinski definition) is 5. The van der Waals surface area contributed by atoms with E-state index >= 15 is 0 Å². The number of para-hydroxylation sites is 1. The van der Waals surface area contributed by atoms with Gasteiger partial charge in [0, 0.05) is 23.0 Å². The Labute approximate surface area is 184 Å². The van der Waals surface area contributed by atoms with Crippen molar-refractivity contribution in [2.45, 2.75) is 19.0 Å². The van der Waals surface area contributed by atoms with Gasteiger partial charge in [0.15, 0.2) is 0 Å². The predicted molar refractivity (Wildman–Crippen MR) is 119 cm³/mol. The lowest BCUT2D eigenvalue weighted by Crippen LogP contribution is -2.44. The van der Waals surface area contributed by atoms with Gasteiger partial charge in [-0.25, -0.2) is 0 Å². The molecular formula is C24H21N3O3S. The van der Waals surface area contributed by atoms with Crippen LogP contribution in [0.15, 0.2) is 95.2 Å². The fourth-order valence-electron chi connectivity index (χ4n) is 3.32. The lowest BCUT2D eigenvalue weighted by Gasteiger charge is -2.31. The molecule has 4 aromatic rings. The summed E-state index contributed by atoms with van der Waals surface area (Å²) in [5.41, 5.74) is 1.33. The third-order valence-electron chi connectivity index (χ3n) is 4.75. The highest BCUT2D eigenvalue weighted by Crippen LogP contribution is 2.29. The van der Waals surface area contributed by atoms with Crippen molar-refractivity contribution in [1.29, 1.82) is 0 Å². The number of anilines is 1. The van der Waals surface area contributed by atoms with Crippen molar-refractivity contribution < 1.29 is 14.0 Å². The summed E-state index contributed by atoms with van der Waals surface area (Å²) >= 11 is 1.52. The number of furan rings is 1. The molecular weight excluding hydrogens is 410 g/mol. The van der Waals surface area contributed by atoms with Crippen molar-refractivity contribution in [3.05, 3.63) is 107 Å². The molecule has 0 bridgehead atoms. The van der Waals surface area contributed by atoms with Gasteiger partial charge in [-0.1, -0.05) is 24.3 Å². The summed E-state index contributed by atoms with van der Waals surface area (Å²) in [5, 5.41) is 4.84. The van der Waals surface area contributed by atoms with E-state index < -0.39 is 6.04 Å². The van der Waals surface area contributed by atoms with Crippen LogP contribution in [0.1, 0.15) is 22.2 Å². The van der Waals surface area contributed by atoms with E-state index in [1.54, 1.807) is 47.8 Å². The molecule has 3 heterocycles. The van der Waals surface area contributed by atoms with E-state index in [1.807, 2.05) is 47.8 Å². The zero-order chi connectivity index (χ0) is 21.5. The second-order valence-corrected chi connectivity index (χ2v) is 7.87. The topological polar surface area (TPSA) is 75.4 Å². The molecule has 6 nitrogen and oxygen atoms in total. The maximum Gasteiger partial charge on any atom is 0.248 e. The second kappa shape index (κ2) is 9.86. The van der Waals surface area contributed by atoms with Crippen LogP contribution in [0.5, 0.6) is 0 Å². The van der Waals surface area contributed by atoms with Crippen LogP contribution in [-0.4, -0.2) is 16.8 Å². The molecule has 0 aliphatic heterocycles. The van der Waals surface area contributed by atoms with Crippen molar-refractivity contribution in [1.82, 2.24) is 10.3 Å². The Kier molecular flexibility index (Phi) is 6.54. The first-order chi connectivity index (χ1) is 15.2. The molecule has 0 aliphatic rings. The number of rotatable bonds is 8. The number of benzene rings is 1. The number of nitrogens with zero attached hydrogens (tertiary/aromatic N) is 2. The average molecular weight is 432 g/mol. The van der Waals surface area contributed by atoms with Crippen LogP contribution in [0.25, 0.3) is 0 Å². The van der Waals surface area contributed by atoms with Crippen molar-refractivity contribution in [2.75, 3.05) is 4.90 Å². The lowest BCUT2D eigenvalue weighted by molar-refractivity contribution is -0.126. The predicted octanol–water partition coefficient (Wildman–Crippen LogP) is 4.37. The third kappa shape index (κ3) is 5.07. The maximum atomic E-state index is 13.5. The fourth-order valence-corrected chi connectivity index (χ4v) is 4.02. The maximum absolute atomic E-state index is 13.5. The summed E-state index contributed by atoms with van der Waals surface area (Å²) in [6.45, 7) is 0.231.